The summed E-state index contributed by atoms with van der Waals surface area (Å²) in [6.07, 6.45) is 3.52. The number of carbonyl (C=O) groups is 1. The fourth-order valence-corrected chi connectivity index (χ4v) is 2.84. The van der Waals surface area contributed by atoms with Gasteiger partial charge in [-0.05, 0) is 53.2 Å². The highest BCUT2D eigenvalue weighted by Crippen LogP contribution is 2.24. The van der Waals surface area contributed by atoms with E-state index < -0.39 is 5.54 Å². The number of rotatable bonds is 6. The second-order valence-corrected chi connectivity index (χ2v) is 6.40. The van der Waals surface area contributed by atoms with E-state index in [9.17, 15) is 4.79 Å². The fraction of sp³-hybridized carbons (Fsp3) is 0.933. The molecule has 0 aromatic rings. The van der Waals surface area contributed by atoms with Gasteiger partial charge in [-0.3, -0.25) is 15.0 Å². The van der Waals surface area contributed by atoms with Crippen LogP contribution in [0.5, 0.6) is 0 Å². The van der Waals surface area contributed by atoms with Gasteiger partial charge in [-0.1, -0.05) is 0 Å². The van der Waals surface area contributed by atoms with Crippen molar-refractivity contribution in [2.24, 2.45) is 0 Å². The van der Waals surface area contributed by atoms with Crippen LogP contribution in [0.2, 0.25) is 0 Å². The Hall–Kier alpha value is -0.650. The standard InChI is InChI=1S/C15H29N3O2/c1-4-20-14(19)15(2,16-13-6-7-13)12-18-9-5-8-17(3)10-11-18/h13,16H,4-12H2,1-3H3. The Bertz CT molecular complexity index is 333. The highest BCUT2D eigenvalue weighted by Gasteiger charge is 2.41. The summed E-state index contributed by atoms with van der Waals surface area (Å²) in [4.78, 5) is 17.1. The SMILES string of the molecule is CCOC(=O)C(C)(CN1CCCN(C)CC1)NC1CC1. The zero-order chi connectivity index (χ0) is 14.6. The third-order valence-electron chi connectivity index (χ3n) is 4.18. The van der Waals surface area contributed by atoms with Crippen molar-refractivity contribution in [1.82, 2.24) is 15.1 Å². The first-order valence-corrected chi connectivity index (χ1v) is 7.89. The summed E-state index contributed by atoms with van der Waals surface area (Å²) in [5.74, 6) is -0.107. The summed E-state index contributed by atoms with van der Waals surface area (Å²) >= 11 is 0. The van der Waals surface area contributed by atoms with Gasteiger partial charge in [0.25, 0.3) is 0 Å². The van der Waals surface area contributed by atoms with Gasteiger partial charge in [0.15, 0.2) is 0 Å². The first-order valence-electron chi connectivity index (χ1n) is 7.89. The molecule has 0 amide bonds. The molecule has 0 aromatic heterocycles. The predicted octanol–water partition coefficient (Wildman–Crippen LogP) is 0.698. The number of nitrogens with zero attached hydrogens (tertiary/aromatic N) is 2. The van der Waals surface area contributed by atoms with Crippen LogP contribution in [-0.4, -0.2) is 73.7 Å². The average molecular weight is 283 g/mol. The minimum Gasteiger partial charge on any atom is -0.465 e. The summed E-state index contributed by atoms with van der Waals surface area (Å²) in [6.45, 7) is 9.36. The maximum absolute atomic E-state index is 12.3. The second kappa shape index (κ2) is 6.87. The lowest BCUT2D eigenvalue weighted by Gasteiger charge is -2.34. The Balaban J connectivity index is 1.96. The molecule has 1 saturated heterocycles. The molecule has 0 bridgehead atoms. The molecule has 0 radical (unpaired) electrons. The van der Waals surface area contributed by atoms with Crippen LogP contribution >= 0.6 is 0 Å². The van der Waals surface area contributed by atoms with Crippen molar-refractivity contribution in [1.29, 1.82) is 0 Å². The molecule has 5 heteroatoms. The largest absolute Gasteiger partial charge is 0.465 e. The number of esters is 1. The van der Waals surface area contributed by atoms with Gasteiger partial charge in [-0.25, -0.2) is 0 Å². The summed E-state index contributed by atoms with van der Waals surface area (Å²) in [5, 5.41) is 3.50. The number of nitrogens with one attached hydrogen (secondary N) is 1. The van der Waals surface area contributed by atoms with Gasteiger partial charge in [0.05, 0.1) is 6.61 Å². The van der Waals surface area contributed by atoms with Gasteiger partial charge in [-0.2, -0.15) is 0 Å². The molecule has 1 aliphatic carbocycles. The Morgan fingerprint density at radius 1 is 1.30 bits per heavy atom. The van der Waals surface area contributed by atoms with Crippen LogP contribution < -0.4 is 5.32 Å². The van der Waals surface area contributed by atoms with E-state index in [1.54, 1.807) is 0 Å². The Morgan fingerprint density at radius 2 is 2.05 bits per heavy atom. The number of likely N-dealkylation sites (N-methyl/N-ethyl adjacent to an activating group) is 1. The van der Waals surface area contributed by atoms with Gasteiger partial charge in [0.1, 0.15) is 5.54 Å². The van der Waals surface area contributed by atoms with E-state index in [1.807, 2.05) is 13.8 Å². The Morgan fingerprint density at radius 3 is 2.70 bits per heavy atom. The molecular weight excluding hydrogens is 254 g/mol. The molecule has 5 nitrogen and oxygen atoms in total. The van der Waals surface area contributed by atoms with Crippen LogP contribution in [0.4, 0.5) is 0 Å². The number of carbonyl (C=O) groups excluding carboxylic acids is 1. The lowest BCUT2D eigenvalue weighted by Crippen LogP contribution is -2.58. The number of hydrogen-bond donors (Lipinski definition) is 1. The highest BCUT2D eigenvalue weighted by atomic mass is 16.5. The van der Waals surface area contributed by atoms with Crippen molar-refractivity contribution in [2.75, 3.05) is 46.4 Å². The maximum atomic E-state index is 12.3. The lowest BCUT2D eigenvalue weighted by atomic mass is 10.0. The van der Waals surface area contributed by atoms with Crippen molar-refractivity contribution < 1.29 is 9.53 Å². The van der Waals surface area contributed by atoms with E-state index in [-0.39, 0.29) is 5.97 Å². The van der Waals surface area contributed by atoms with Crippen molar-refractivity contribution >= 4 is 5.97 Å². The van der Waals surface area contributed by atoms with Crippen LogP contribution in [0.25, 0.3) is 0 Å². The van der Waals surface area contributed by atoms with Gasteiger partial charge in [-0.15, -0.1) is 0 Å². The molecule has 2 fully saturated rings. The van der Waals surface area contributed by atoms with Crippen LogP contribution in [0, 0.1) is 0 Å². The normalized spacial score (nSPS) is 24.9. The van der Waals surface area contributed by atoms with Gasteiger partial charge >= 0.3 is 5.97 Å². The molecule has 20 heavy (non-hydrogen) atoms. The van der Waals surface area contributed by atoms with E-state index in [4.69, 9.17) is 4.74 Å². The fourth-order valence-electron chi connectivity index (χ4n) is 2.84. The molecule has 2 aliphatic rings. The van der Waals surface area contributed by atoms with Crippen LogP contribution in [0.1, 0.15) is 33.1 Å². The molecular formula is C15H29N3O2. The van der Waals surface area contributed by atoms with E-state index >= 15 is 0 Å². The molecule has 1 heterocycles. The third kappa shape index (κ3) is 4.43. The van der Waals surface area contributed by atoms with Crippen molar-refractivity contribution in [3.63, 3.8) is 0 Å². The first kappa shape index (κ1) is 15.7. The summed E-state index contributed by atoms with van der Waals surface area (Å²) in [7, 11) is 2.16. The molecule has 0 aromatic carbocycles. The molecule has 1 atom stereocenters. The van der Waals surface area contributed by atoms with E-state index in [0.29, 0.717) is 12.6 Å². The van der Waals surface area contributed by atoms with Gasteiger partial charge < -0.3 is 9.64 Å². The van der Waals surface area contributed by atoms with Gasteiger partial charge in [0, 0.05) is 25.7 Å². The van der Waals surface area contributed by atoms with Crippen molar-refractivity contribution in [3.05, 3.63) is 0 Å². The molecule has 1 N–H and O–H groups in total. The molecule has 1 unspecified atom stereocenters. The Kier molecular flexibility index (Phi) is 5.41. The molecule has 1 aliphatic heterocycles. The minimum atomic E-state index is -0.569. The topological polar surface area (TPSA) is 44.8 Å². The van der Waals surface area contributed by atoms with E-state index in [1.165, 1.54) is 19.3 Å². The zero-order valence-corrected chi connectivity index (χ0v) is 13.2. The van der Waals surface area contributed by atoms with Crippen LogP contribution in [-0.2, 0) is 9.53 Å². The lowest BCUT2D eigenvalue weighted by molar-refractivity contribution is -0.151. The minimum absolute atomic E-state index is 0.107. The summed E-state index contributed by atoms with van der Waals surface area (Å²) < 4.78 is 5.29. The van der Waals surface area contributed by atoms with Crippen molar-refractivity contribution in [2.45, 2.75) is 44.7 Å². The third-order valence-corrected chi connectivity index (χ3v) is 4.18. The maximum Gasteiger partial charge on any atom is 0.327 e. The molecule has 0 spiro atoms. The number of ether oxygens (including phenoxy) is 1. The molecule has 2 rings (SSSR count). The molecule has 116 valence electrons. The van der Waals surface area contributed by atoms with E-state index in [0.717, 1.165) is 32.7 Å². The zero-order valence-electron chi connectivity index (χ0n) is 13.2. The summed E-state index contributed by atoms with van der Waals surface area (Å²) in [6, 6.07) is 0.499. The quantitative estimate of drug-likeness (QED) is 0.727. The Labute approximate surface area is 122 Å². The monoisotopic (exact) mass is 283 g/mol. The summed E-state index contributed by atoms with van der Waals surface area (Å²) in [5.41, 5.74) is -0.569. The van der Waals surface area contributed by atoms with Gasteiger partial charge in [0.2, 0.25) is 0 Å². The van der Waals surface area contributed by atoms with Crippen molar-refractivity contribution in [3.8, 4) is 0 Å². The van der Waals surface area contributed by atoms with Crippen LogP contribution in [0.15, 0.2) is 0 Å². The smallest absolute Gasteiger partial charge is 0.327 e. The van der Waals surface area contributed by atoms with E-state index in [2.05, 4.69) is 22.2 Å². The average Bonchev–Trinajstić information content (AvgIpc) is 3.20. The first-order chi connectivity index (χ1) is 9.53. The highest BCUT2D eigenvalue weighted by molar-refractivity contribution is 5.80. The number of hydrogen-bond acceptors (Lipinski definition) is 5. The van der Waals surface area contributed by atoms with Crippen LogP contribution in [0.3, 0.4) is 0 Å². The second-order valence-electron chi connectivity index (χ2n) is 6.40. The molecule has 1 saturated carbocycles. The predicted molar refractivity (Wildman–Crippen MR) is 79.7 cm³/mol.